The monoisotopic (exact) mass is 192 g/mol. The second kappa shape index (κ2) is 3.17. The van der Waals surface area contributed by atoms with Gasteiger partial charge in [0.2, 0.25) is 0 Å². The summed E-state index contributed by atoms with van der Waals surface area (Å²) in [5.74, 6) is -1.44. The highest BCUT2D eigenvalue weighted by Gasteiger charge is 2.16. The molecule has 8 nitrogen and oxygen atoms in total. The molecule has 2 aromatic heterocycles. The lowest BCUT2D eigenvalue weighted by molar-refractivity contribution is 0.0679. The summed E-state index contributed by atoms with van der Waals surface area (Å²) in [5, 5.41) is 18.7. The first kappa shape index (κ1) is 8.23. The van der Waals surface area contributed by atoms with Crippen molar-refractivity contribution in [2.75, 3.05) is 0 Å². The Morgan fingerprint density at radius 1 is 1.36 bits per heavy atom. The van der Waals surface area contributed by atoms with E-state index in [-0.39, 0.29) is 11.8 Å². The summed E-state index contributed by atoms with van der Waals surface area (Å²) in [4.78, 5) is 18.3. The van der Waals surface area contributed by atoms with Gasteiger partial charge in [0, 0.05) is 12.4 Å². The molecule has 2 rings (SSSR count). The fourth-order valence-corrected chi connectivity index (χ4v) is 0.856. The van der Waals surface area contributed by atoms with E-state index in [4.69, 9.17) is 5.11 Å². The first-order valence-electron chi connectivity index (χ1n) is 3.58. The normalized spacial score (nSPS) is 10.0. The highest BCUT2D eigenvalue weighted by Crippen LogP contribution is 1.99. The molecule has 2 aromatic rings. The summed E-state index contributed by atoms with van der Waals surface area (Å²) in [6, 6.07) is 1.61. The fourth-order valence-electron chi connectivity index (χ4n) is 0.856. The van der Waals surface area contributed by atoms with Gasteiger partial charge in [-0.05, 0) is 16.5 Å². The zero-order valence-corrected chi connectivity index (χ0v) is 6.77. The van der Waals surface area contributed by atoms with Gasteiger partial charge < -0.3 is 5.11 Å². The smallest absolute Gasteiger partial charge is 0.376 e. The van der Waals surface area contributed by atoms with Gasteiger partial charge in [-0.15, -0.1) is 5.10 Å². The molecule has 0 unspecified atom stereocenters. The minimum atomic E-state index is -1.23. The number of nitrogens with zero attached hydrogens (tertiary/aromatic N) is 6. The van der Waals surface area contributed by atoms with Gasteiger partial charge in [-0.25, -0.2) is 14.8 Å². The summed E-state index contributed by atoms with van der Waals surface area (Å²) < 4.78 is 0.947. The molecule has 0 aliphatic heterocycles. The number of aromatic carboxylic acids is 1. The SMILES string of the molecule is O=C(O)c1nnnn1-c1ncccn1. The van der Waals surface area contributed by atoms with Crippen LogP contribution in [-0.4, -0.2) is 41.3 Å². The number of carboxylic acids is 1. The number of carboxylic acid groups (broad SMARTS) is 1. The van der Waals surface area contributed by atoms with Crippen LogP contribution in [0.25, 0.3) is 5.95 Å². The van der Waals surface area contributed by atoms with Crippen LogP contribution in [0.15, 0.2) is 18.5 Å². The van der Waals surface area contributed by atoms with Crippen LogP contribution in [0.4, 0.5) is 0 Å². The first-order chi connectivity index (χ1) is 6.79. The minimum Gasteiger partial charge on any atom is -0.475 e. The van der Waals surface area contributed by atoms with E-state index in [1.54, 1.807) is 6.07 Å². The topological polar surface area (TPSA) is 107 Å². The van der Waals surface area contributed by atoms with Crippen LogP contribution in [0.3, 0.4) is 0 Å². The number of hydrogen-bond acceptors (Lipinski definition) is 6. The largest absolute Gasteiger partial charge is 0.475 e. The molecular formula is C6H4N6O2. The molecule has 0 fully saturated rings. The third-order valence-electron chi connectivity index (χ3n) is 1.40. The Bertz CT molecular complexity index is 452. The van der Waals surface area contributed by atoms with Gasteiger partial charge in [0.15, 0.2) is 0 Å². The van der Waals surface area contributed by atoms with Crippen molar-refractivity contribution in [1.29, 1.82) is 0 Å². The van der Waals surface area contributed by atoms with E-state index >= 15 is 0 Å². The zero-order valence-electron chi connectivity index (χ0n) is 6.77. The molecule has 0 saturated heterocycles. The Balaban J connectivity index is 2.52. The molecule has 2 heterocycles. The van der Waals surface area contributed by atoms with Crippen LogP contribution >= 0.6 is 0 Å². The Morgan fingerprint density at radius 2 is 2.07 bits per heavy atom. The minimum absolute atomic E-state index is 0.120. The molecule has 0 atom stereocenters. The molecule has 0 aliphatic rings. The summed E-state index contributed by atoms with van der Waals surface area (Å²) in [5.41, 5.74) is 0. The second-order valence-corrected chi connectivity index (χ2v) is 2.27. The van der Waals surface area contributed by atoms with Crippen molar-refractivity contribution in [3.63, 3.8) is 0 Å². The van der Waals surface area contributed by atoms with Crippen LogP contribution < -0.4 is 0 Å². The van der Waals surface area contributed by atoms with Crippen molar-refractivity contribution in [3.05, 3.63) is 24.3 Å². The molecule has 0 aliphatic carbocycles. The summed E-state index contributed by atoms with van der Waals surface area (Å²) >= 11 is 0. The van der Waals surface area contributed by atoms with Crippen molar-refractivity contribution in [1.82, 2.24) is 30.2 Å². The lowest BCUT2D eigenvalue weighted by Gasteiger charge is -1.96. The average molecular weight is 192 g/mol. The van der Waals surface area contributed by atoms with Gasteiger partial charge >= 0.3 is 5.97 Å². The molecule has 1 N–H and O–H groups in total. The lowest BCUT2D eigenvalue weighted by atomic mass is 10.6. The molecule has 0 radical (unpaired) electrons. The molecule has 0 saturated carbocycles. The van der Waals surface area contributed by atoms with Crippen LogP contribution in [0.1, 0.15) is 10.6 Å². The molecule has 8 heteroatoms. The average Bonchev–Trinajstić information content (AvgIpc) is 2.67. The van der Waals surface area contributed by atoms with Gasteiger partial charge in [0.1, 0.15) is 0 Å². The van der Waals surface area contributed by atoms with E-state index in [9.17, 15) is 4.79 Å². The fraction of sp³-hybridized carbons (Fsp3) is 0. The van der Waals surface area contributed by atoms with Crippen molar-refractivity contribution >= 4 is 5.97 Å². The van der Waals surface area contributed by atoms with Crippen molar-refractivity contribution in [2.24, 2.45) is 0 Å². The lowest BCUT2D eigenvalue weighted by Crippen LogP contribution is -2.11. The molecule has 14 heavy (non-hydrogen) atoms. The van der Waals surface area contributed by atoms with E-state index in [2.05, 4.69) is 25.5 Å². The Morgan fingerprint density at radius 3 is 2.71 bits per heavy atom. The number of aromatic nitrogens is 6. The van der Waals surface area contributed by atoms with Crippen molar-refractivity contribution in [2.45, 2.75) is 0 Å². The van der Waals surface area contributed by atoms with Crippen LogP contribution in [0, 0.1) is 0 Å². The molecule has 0 aromatic carbocycles. The molecule has 70 valence electrons. The van der Waals surface area contributed by atoms with Crippen molar-refractivity contribution in [3.8, 4) is 5.95 Å². The Kier molecular flexibility index (Phi) is 1.86. The van der Waals surface area contributed by atoms with E-state index in [0.29, 0.717) is 0 Å². The standard InChI is InChI=1S/C6H4N6O2/c13-5(14)4-9-10-11-12(4)6-7-2-1-3-8-6/h1-3H,(H,13,14). The third-order valence-corrected chi connectivity index (χ3v) is 1.40. The van der Waals surface area contributed by atoms with Crippen LogP contribution in [-0.2, 0) is 0 Å². The summed E-state index contributed by atoms with van der Waals surface area (Å²) in [6.07, 6.45) is 2.94. The third kappa shape index (κ3) is 1.28. The number of rotatable bonds is 2. The predicted molar refractivity (Wildman–Crippen MR) is 41.7 cm³/mol. The number of hydrogen-bond donors (Lipinski definition) is 1. The van der Waals surface area contributed by atoms with Crippen molar-refractivity contribution < 1.29 is 9.90 Å². The summed E-state index contributed by atoms with van der Waals surface area (Å²) in [7, 11) is 0. The maximum atomic E-state index is 10.6. The molecule has 0 spiro atoms. The second-order valence-electron chi connectivity index (χ2n) is 2.27. The Labute approximate surface area is 77.2 Å². The van der Waals surface area contributed by atoms with E-state index in [0.717, 1.165) is 4.68 Å². The molecular weight excluding hydrogens is 188 g/mol. The Hall–Kier alpha value is -2.38. The van der Waals surface area contributed by atoms with E-state index < -0.39 is 5.97 Å². The van der Waals surface area contributed by atoms with Gasteiger partial charge in [-0.1, -0.05) is 0 Å². The molecule has 0 amide bonds. The van der Waals surface area contributed by atoms with E-state index in [1.165, 1.54) is 12.4 Å². The van der Waals surface area contributed by atoms with Crippen LogP contribution in [0.2, 0.25) is 0 Å². The maximum absolute atomic E-state index is 10.6. The first-order valence-corrected chi connectivity index (χ1v) is 3.58. The highest BCUT2D eigenvalue weighted by atomic mass is 16.4. The number of tetrazole rings is 1. The van der Waals surface area contributed by atoms with E-state index in [1.807, 2.05) is 0 Å². The number of carbonyl (C=O) groups is 1. The highest BCUT2D eigenvalue weighted by molar-refractivity contribution is 5.83. The van der Waals surface area contributed by atoms with Gasteiger partial charge in [0.05, 0.1) is 0 Å². The zero-order chi connectivity index (χ0) is 9.97. The molecule has 0 bridgehead atoms. The van der Waals surface area contributed by atoms with Gasteiger partial charge in [0.25, 0.3) is 11.8 Å². The van der Waals surface area contributed by atoms with Gasteiger partial charge in [-0.3, -0.25) is 0 Å². The quantitative estimate of drug-likeness (QED) is 0.660. The van der Waals surface area contributed by atoms with Crippen LogP contribution in [0.5, 0.6) is 0 Å². The maximum Gasteiger partial charge on any atom is 0.376 e. The predicted octanol–water partition coefficient (Wildman–Crippen LogP) is -0.850. The van der Waals surface area contributed by atoms with Gasteiger partial charge in [-0.2, -0.15) is 4.68 Å². The summed E-state index contributed by atoms with van der Waals surface area (Å²) in [6.45, 7) is 0.